The van der Waals surface area contributed by atoms with E-state index in [1.54, 1.807) is 6.20 Å². The highest BCUT2D eigenvalue weighted by molar-refractivity contribution is 6.04. The van der Waals surface area contributed by atoms with Gasteiger partial charge in [0.25, 0.3) is 5.91 Å². The molecule has 0 fully saturated rings. The molecule has 1 aliphatic heterocycles. The fourth-order valence-electron chi connectivity index (χ4n) is 3.30. The molecule has 0 atom stereocenters. The maximum Gasteiger partial charge on any atom is 0.257 e. The summed E-state index contributed by atoms with van der Waals surface area (Å²) in [5, 5.41) is 2.92. The quantitative estimate of drug-likeness (QED) is 0.763. The number of rotatable bonds is 4. The van der Waals surface area contributed by atoms with E-state index in [1.807, 2.05) is 61.5 Å². The summed E-state index contributed by atoms with van der Waals surface area (Å²) in [5.74, 6) is 0.709. The minimum absolute atomic E-state index is 0.159. The molecule has 0 bridgehead atoms. The van der Waals surface area contributed by atoms with E-state index in [4.69, 9.17) is 0 Å². The smallest absolute Gasteiger partial charge is 0.257 e. The van der Waals surface area contributed by atoms with Gasteiger partial charge in [-0.2, -0.15) is 0 Å². The molecule has 1 N–H and O–H groups in total. The Bertz CT molecular complexity index is 949. The molecule has 4 rings (SSSR count). The monoisotopic (exact) mass is 358 g/mol. The van der Waals surface area contributed by atoms with Crippen LogP contribution < -0.4 is 15.1 Å². The minimum atomic E-state index is -0.159. The number of benzene rings is 2. The summed E-state index contributed by atoms with van der Waals surface area (Å²) < 4.78 is 0. The summed E-state index contributed by atoms with van der Waals surface area (Å²) in [6, 6.07) is 19.9. The molecule has 0 radical (unpaired) electrons. The van der Waals surface area contributed by atoms with Crippen LogP contribution in [0.1, 0.15) is 15.9 Å². The molecule has 0 saturated heterocycles. The Morgan fingerprint density at radius 3 is 2.52 bits per heavy atom. The number of para-hydroxylation sites is 1. The SMILES string of the molecule is CN(C)c1ccc(NC(=O)c2ccc(N3CCc4ccccc43)nc2)cc1. The predicted octanol–water partition coefficient (Wildman–Crippen LogP) is 4.09. The second-order valence-electron chi connectivity index (χ2n) is 6.83. The van der Waals surface area contributed by atoms with Crippen LogP contribution in [0.25, 0.3) is 0 Å². The number of hydrogen-bond donors (Lipinski definition) is 1. The number of hydrogen-bond acceptors (Lipinski definition) is 4. The molecule has 5 heteroatoms. The number of anilines is 4. The first kappa shape index (κ1) is 17.1. The summed E-state index contributed by atoms with van der Waals surface area (Å²) in [7, 11) is 3.97. The Morgan fingerprint density at radius 2 is 1.81 bits per heavy atom. The zero-order chi connectivity index (χ0) is 18.8. The molecular formula is C22H22N4O. The lowest BCUT2D eigenvalue weighted by molar-refractivity contribution is 0.102. The molecular weight excluding hydrogens is 336 g/mol. The Kier molecular flexibility index (Phi) is 4.50. The van der Waals surface area contributed by atoms with Crippen molar-refractivity contribution in [1.82, 2.24) is 4.98 Å². The fraction of sp³-hybridized carbons (Fsp3) is 0.182. The van der Waals surface area contributed by atoms with Crippen LogP contribution in [-0.2, 0) is 6.42 Å². The third kappa shape index (κ3) is 3.49. The first-order chi connectivity index (χ1) is 13.1. The number of fused-ring (bicyclic) bond motifs is 1. The van der Waals surface area contributed by atoms with Gasteiger partial charge in [-0.3, -0.25) is 4.79 Å². The average Bonchev–Trinajstić information content (AvgIpc) is 3.12. The van der Waals surface area contributed by atoms with Gasteiger partial charge in [0.1, 0.15) is 5.82 Å². The van der Waals surface area contributed by atoms with Gasteiger partial charge < -0.3 is 15.1 Å². The van der Waals surface area contributed by atoms with Gasteiger partial charge in [0.2, 0.25) is 0 Å². The van der Waals surface area contributed by atoms with Gasteiger partial charge in [-0.1, -0.05) is 18.2 Å². The zero-order valence-electron chi connectivity index (χ0n) is 15.5. The fourth-order valence-corrected chi connectivity index (χ4v) is 3.30. The van der Waals surface area contributed by atoms with Crippen LogP contribution in [0.3, 0.4) is 0 Å². The van der Waals surface area contributed by atoms with Crippen molar-refractivity contribution in [1.29, 1.82) is 0 Å². The number of nitrogens with one attached hydrogen (secondary N) is 1. The van der Waals surface area contributed by atoms with E-state index < -0.39 is 0 Å². The summed E-state index contributed by atoms with van der Waals surface area (Å²) >= 11 is 0. The van der Waals surface area contributed by atoms with Crippen molar-refractivity contribution < 1.29 is 4.79 Å². The number of carbonyl (C=O) groups is 1. The molecule has 2 heterocycles. The van der Waals surface area contributed by atoms with Crippen molar-refractivity contribution in [3.05, 3.63) is 78.0 Å². The van der Waals surface area contributed by atoms with Crippen LogP contribution in [0.2, 0.25) is 0 Å². The van der Waals surface area contributed by atoms with Crippen molar-refractivity contribution in [2.45, 2.75) is 6.42 Å². The number of aromatic nitrogens is 1. The van der Waals surface area contributed by atoms with Crippen LogP contribution in [0, 0.1) is 0 Å². The van der Waals surface area contributed by atoms with Crippen LogP contribution in [-0.4, -0.2) is 31.5 Å². The Balaban J connectivity index is 1.47. The molecule has 0 saturated carbocycles. The molecule has 0 spiro atoms. The summed E-state index contributed by atoms with van der Waals surface area (Å²) in [4.78, 5) is 21.2. The number of carbonyl (C=O) groups excluding carboxylic acids is 1. The van der Waals surface area contributed by atoms with E-state index in [9.17, 15) is 4.79 Å². The molecule has 27 heavy (non-hydrogen) atoms. The molecule has 0 aliphatic carbocycles. The van der Waals surface area contributed by atoms with Crippen molar-refractivity contribution in [3.8, 4) is 0 Å². The van der Waals surface area contributed by atoms with Gasteiger partial charge in [-0.25, -0.2) is 4.98 Å². The zero-order valence-corrected chi connectivity index (χ0v) is 15.5. The molecule has 3 aromatic rings. The molecule has 136 valence electrons. The lowest BCUT2D eigenvalue weighted by Crippen LogP contribution is -2.16. The van der Waals surface area contributed by atoms with E-state index in [-0.39, 0.29) is 5.91 Å². The van der Waals surface area contributed by atoms with E-state index in [2.05, 4.69) is 33.4 Å². The summed E-state index contributed by atoms with van der Waals surface area (Å²) in [6.45, 7) is 0.913. The van der Waals surface area contributed by atoms with Crippen molar-refractivity contribution in [2.75, 3.05) is 35.8 Å². The van der Waals surface area contributed by atoms with Crippen LogP contribution in [0.4, 0.5) is 22.9 Å². The lowest BCUT2D eigenvalue weighted by atomic mass is 10.2. The van der Waals surface area contributed by atoms with Gasteiger partial charge in [0, 0.05) is 43.9 Å². The van der Waals surface area contributed by atoms with E-state index >= 15 is 0 Å². The van der Waals surface area contributed by atoms with Gasteiger partial charge in [0.15, 0.2) is 0 Å². The molecule has 1 aromatic heterocycles. The Hall–Kier alpha value is -3.34. The standard InChI is InChI=1S/C22H22N4O/c1-25(2)19-10-8-18(9-11-19)24-22(27)17-7-12-21(23-15-17)26-14-13-16-5-3-4-6-20(16)26/h3-12,15H,13-14H2,1-2H3,(H,24,27). The van der Waals surface area contributed by atoms with Crippen molar-refractivity contribution in [2.24, 2.45) is 0 Å². The van der Waals surface area contributed by atoms with Crippen LogP contribution in [0.5, 0.6) is 0 Å². The first-order valence-corrected chi connectivity index (χ1v) is 9.02. The highest BCUT2D eigenvalue weighted by Gasteiger charge is 2.20. The van der Waals surface area contributed by atoms with Gasteiger partial charge >= 0.3 is 0 Å². The molecule has 5 nitrogen and oxygen atoms in total. The lowest BCUT2D eigenvalue weighted by Gasteiger charge is -2.18. The van der Waals surface area contributed by atoms with Crippen molar-refractivity contribution in [3.63, 3.8) is 0 Å². The highest BCUT2D eigenvalue weighted by Crippen LogP contribution is 2.33. The van der Waals surface area contributed by atoms with E-state index in [1.165, 1.54) is 11.3 Å². The van der Waals surface area contributed by atoms with E-state index in [0.717, 1.165) is 30.2 Å². The topological polar surface area (TPSA) is 48.5 Å². The molecule has 1 amide bonds. The second-order valence-corrected chi connectivity index (χ2v) is 6.83. The number of pyridine rings is 1. The molecule has 2 aromatic carbocycles. The summed E-state index contributed by atoms with van der Waals surface area (Å²) in [6.07, 6.45) is 2.66. The van der Waals surface area contributed by atoms with Gasteiger partial charge in [0.05, 0.1) is 5.56 Å². The maximum absolute atomic E-state index is 12.5. The molecule has 1 aliphatic rings. The molecule has 0 unspecified atom stereocenters. The maximum atomic E-state index is 12.5. The number of nitrogens with zero attached hydrogens (tertiary/aromatic N) is 3. The highest BCUT2D eigenvalue weighted by atomic mass is 16.1. The summed E-state index contributed by atoms with van der Waals surface area (Å²) in [5.41, 5.74) is 4.93. The predicted molar refractivity (Wildman–Crippen MR) is 110 cm³/mol. The van der Waals surface area contributed by atoms with Crippen LogP contribution in [0.15, 0.2) is 66.9 Å². The Labute approximate surface area is 159 Å². The third-order valence-electron chi connectivity index (χ3n) is 4.82. The van der Waals surface area contributed by atoms with Gasteiger partial charge in [-0.15, -0.1) is 0 Å². The van der Waals surface area contributed by atoms with E-state index in [0.29, 0.717) is 5.56 Å². The largest absolute Gasteiger partial charge is 0.378 e. The number of amides is 1. The Morgan fingerprint density at radius 1 is 1.04 bits per heavy atom. The minimum Gasteiger partial charge on any atom is -0.378 e. The normalized spacial score (nSPS) is 12.6. The average molecular weight is 358 g/mol. The third-order valence-corrected chi connectivity index (χ3v) is 4.82. The second kappa shape index (κ2) is 7.11. The van der Waals surface area contributed by atoms with Crippen LogP contribution >= 0.6 is 0 Å². The first-order valence-electron chi connectivity index (χ1n) is 9.02. The van der Waals surface area contributed by atoms with Gasteiger partial charge in [-0.05, 0) is 54.4 Å². The van der Waals surface area contributed by atoms with Crippen molar-refractivity contribution >= 4 is 28.8 Å².